The number of amides is 1. The standard InChI is InChI=1S/C15H21ClN2O4/c1-10(2)17-14(20)8-18(9-15(21)22-3)7-11-6-12(16)4-5-13(11)19/h4-6,10,19H,7-9H2,1-3H3,(H,17,20). The number of halogens is 1. The van der Waals surface area contributed by atoms with Crippen molar-refractivity contribution in [2.24, 2.45) is 0 Å². The van der Waals surface area contributed by atoms with Gasteiger partial charge in [-0.25, -0.2) is 0 Å². The van der Waals surface area contributed by atoms with Gasteiger partial charge in [0.25, 0.3) is 0 Å². The molecule has 0 saturated carbocycles. The lowest BCUT2D eigenvalue weighted by atomic mass is 10.2. The second-order valence-corrected chi connectivity index (χ2v) is 5.65. The molecule has 2 N–H and O–H groups in total. The van der Waals surface area contributed by atoms with Crippen LogP contribution in [0.15, 0.2) is 18.2 Å². The molecule has 0 fully saturated rings. The Balaban J connectivity index is 2.83. The van der Waals surface area contributed by atoms with Crippen molar-refractivity contribution in [3.05, 3.63) is 28.8 Å². The third kappa shape index (κ3) is 6.32. The molecule has 6 nitrogen and oxygen atoms in total. The van der Waals surface area contributed by atoms with Crippen LogP contribution in [-0.2, 0) is 20.9 Å². The Labute approximate surface area is 135 Å². The highest BCUT2D eigenvalue weighted by molar-refractivity contribution is 6.30. The summed E-state index contributed by atoms with van der Waals surface area (Å²) in [6.45, 7) is 3.86. The smallest absolute Gasteiger partial charge is 0.319 e. The zero-order chi connectivity index (χ0) is 16.7. The Morgan fingerprint density at radius 3 is 2.64 bits per heavy atom. The van der Waals surface area contributed by atoms with Gasteiger partial charge in [0, 0.05) is 23.2 Å². The van der Waals surface area contributed by atoms with Crippen LogP contribution in [0.1, 0.15) is 19.4 Å². The zero-order valence-electron chi connectivity index (χ0n) is 12.9. The summed E-state index contributed by atoms with van der Waals surface area (Å²) in [5.41, 5.74) is 0.536. The average Bonchev–Trinajstić information content (AvgIpc) is 2.41. The van der Waals surface area contributed by atoms with Gasteiger partial charge >= 0.3 is 5.97 Å². The van der Waals surface area contributed by atoms with Gasteiger partial charge in [-0.1, -0.05) is 11.6 Å². The summed E-state index contributed by atoms with van der Waals surface area (Å²) < 4.78 is 4.63. The normalized spacial score (nSPS) is 10.8. The number of hydrogen-bond donors (Lipinski definition) is 2. The predicted octanol–water partition coefficient (Wildman–Crippen LogP) is 1.55. The lowest BCUT2D eigenvalue weighted by Crippen LogP contribution is -2.41. The number of ether oxygens (including phenoxy) is 1. The van der Waals surface area contributed by atoms with Crippen molar-refractivity contribution in [1.82, 2.24) is 10.2 Å². The molecule has 0 saturated heterocycles. The van der Waals surface area contributed by atoms with E-state index in [4.69, 9.17) is 11.6 Å². The number of carbonyl (C=O) groups is 2. The maximum Gasteiger partial charge on any atom is 0.319 e. The average molecular weight is 329 g/mol. The zero-order valence-corrected chi connectivity index (χ0v) is 13.7. The highest BCUT2D eigenvalue weighted by Gasteiger charge is 2.17. The fraction of sp³-hybridized carbons (Fsp3) is 0.467. The molecule has 0 unspecified atom stereocenters. The van der Waals surface area contributed by atoms with Crippen molar-refractivity contribution in [3.63, 3.8) is 0 Å². The number of hydrogen-bond acceptors (Lipinski definition) is 5. The Morgan fingerprint density at radius 1 is 1.36 bits per heavy atom. The molecule has 0 bridgehead atoms. The summed E-state index contributed by atoms with van der Waals surface area (Å²) in [6.07, 6.45) is 0. The van der Waals surface area contributed by atoms with E-state index < -0.39 is 5.97 Å². The van der Waals surface area contributed by atoms with E-state index in [2.05, 4.69) is 10.1 Å². The summed E-state index contributed by atoms with van der Waals surface area (Å²) in [6, 6.07) is 4.65. The number of methoxy groups -OCH3 is 1. The first-order valence-corrected chi connectivity index (χ1v) is 7.25. The Hall–Kier alpha value is -1.79. The second kappa shape index (κ2) is 8.60. The van der Waals surface area contributed by atoms with Crippen LogP contribution in [0, 0.1) is 0 Å². The van der Waals surface area contributed by atoms with Gasteiger partial charge in [0.2, 0.25) is 5.91 Å². The molecular weight excluding hydrogens is 308 g/mol. The van der Waals surface area contributed by atoms with Gasteiger partial charge in [-0.05, 0) is 32.0 Å². The largest absolute Gasteiger partial charge is 0.508 e. The molecule has 1 aromatic rings. The van der Waals surface area contributed by atoms with Gasteiger partial charge in [-0.2, -0.15) is 0 Å². The number of esters is 1. The van der Waals surface area contributed by atoms with Crippen LogP contribution in [0.4, 0.5) is 0 Å². The topological polar surface area (TPSA) is 78.9 Å². The molecule has 0 heterocycles. The van der Waals surface area contributed by atoms with Gasteiger partial charge in [-0.3, -0.25) is 14.5 Å². The number of phenols is 1. The maximum absolute atomic E-state index is 11.9. The van der Waals surface area contributed by atoms with Crippen molar-refractivity contribution in [2.75, 3.05) is 20.2 Å². The van der Waals surface area contributed by atoms with Gasteiger partial charge in [0.05, 0.1) is 20.2 Å². The molecule has 7 heteroatoms. The van der Waals surface area contributed by atoms with Crippen LogP contribution in [0.2, 0.25) is 5.02 Å². The van der Waals surface area contributed by atoms with Crippen LogP contribution in [0.5, 0.6) is 5.75 Å². The van der Waals surface area contributed by atoms with Gasteiger partial charge in [0.15, 0.2) is 0 Å². The van der Waals surface area contributed by atoms with E-state index in [0.29, 0.717) is 10.6 Å². The first-order chi connectivity index (χ1) is 10.3. The third-order valence-corrected chi connectivity index (χ3v) is 3.07. The monoisotopic (exact) mass is 328 g/mol. The first kappa shape index (κ1) is 18.3. The number of nitrogens with one attached hydrogen (secondary N) is 1. The highest BCUT2D eigenvalue weighted by atomic mass is 35.5. The molecule has 0 atom stereocenters. The van der Waals surface area contributed by atoms with E-state index in [0.717, 1.165) is 0 Å². The molecule has 0 aromatic heterocycles. The number of aromatic hydroxyl groups is 1. The van der Waals surface area contributed by atoms with Crippen LogP contribution in [0.3, 0.4) is 0 Å². The Kier molecular flexibility index (Phi) is 7.14. The lowest BCUT2D eigenvalue weighted by Gasteiger charge is -2.22. The van der Waals surface area contributed by atoms with Crippen LogP contribution >= 0.6 is 11.6 Å². The van der Waals surface area contributed by atoms with Gasteiger partial charge < -0.3 is 15.2 Å². The molecule has 1 aromatic carbocycles. The number of rotatable bonds is 7. The highest BCUT2D eigenvalue weighted by Crippen LogP contribution is 2.22. The number of phenolic OH excluding ortho intramolecular Hbond substituents is 1. The minimum absolute atomic E-state index is 0.00653. The number of benzene rings is 1. The molecule has 0 aliphatic heterocycles. The summed E-state index contributed by atoms with van der Waals surface area (Å²) in [5.74, 6) is -0.609. The number of carbonyl (C=O) groups excluding carboxylic acids is 2. The fourth-order valence-electron chi connectivity index (χ4n) is 1.91. The van der Waals surface area contributed by atoms with Gasteiger partial charge in [0.1, 0.15) is 5.75 Å². The molecule has 122 valence electrons. The lowest BCUT2D eigenvalue weighted by molar-refractivity contribution is -0.142. The quantitative estimate of drug-likeness (QED) is 0.742. The van der Waals surface area contributed by atoms with Crippen LogP contribution in [0.25, 0.3) is 0 Å². The molecule has 0 spiro atoms. The first-order valence-electron chi connectivity index (χ1n) is 6.87. The molecule has 22 heavy (non-hydrogen) atoms. The van der Waals surface area contributed by atoms with Crippen molar-refractivity contribution >= 4 is 23.5 Å². The van der Waals surface area contributed by atoms with E-state index in [1.165, 1.54) is 13.2 Å². The van der Waals surface area contributed by atoms with Crippen molar-refractivity contribution in [2.45, 2.75) is 26.4 Å². The minimum atomic E-state index is -0.459. The van der Waals surface area contributed by atoms with Crippen LogP contribution < -0.4 is 5.32 Å². The third-order valence-electron chi connectivity index (χ3n) is 2.83. The van der Waals surface area contributed by atoms with Crippen molar-refractivity contribution in [3.8, 4) is 5.75 Å². The molecule has 0 aliphatic rings. The molecule has 1 amide bonds. The second-order valence-electron chi connectivity index (χ2n) is 5.22. The van der Waals surface area contributed by atoms with E-state index in [-0.39, 0.29) is 37.3 Å². The van der Waals surface area contributed by atoms with Crippen molar-refractivity contribution < 1.29 is 19.4 Å². The predicted molar refractivity (Wildman–Crippen MR) is 83.7 cm³/mol. The summed E-state index contributed by atoms with van der Waals surface area (Å²) in [7, 11) is 1.28. The fourth-order valence-corrected chi connectivity index (χ4v) is 2.10. The Morgan fingerprint density at radius 2 is 2.05 bits per heavy atom. The van der Waals surface area contributed by atoms with Crippen LogP contribution in [-0.4, -0.2) is 48.1 Å². The summed E-state index contributed by atoms with van der Waals surface area (Å²) >= 11 is 5.91. The molecule has 0 aliphatic carbocycles. The summed E-state index contributed by atoms with van der Waals surface area (Å²) in [5, 5.41) is 13.1. The van der Waals surface area contributed by atoms with Gasteiger partial charge in [-0.15, -0.1) is 0 Å². The van der Waals surface area contributed by atoms with E-state index in [1.807, 2.05) is 13.8 Å². The SMILES string of the molecule is COC(=O)CN(CC(=O)NC(C)C)Cc1cc(Cl)ccc1O. The maximum atomic E-state index is 11.9. The molecular formula is C15H21ClN2O4. The molecule has 0 radical (unpaired) electrons. The van der Waals surface area contributed by atoms with E-state index in [1.54, 1.807) is 17.0 Å². The number of nitrogens with zero attached hydrogens (tertiary/aromatic N) is 1. The van der Waals surface area contributed by atoms with E-state index >= 15 is 0 Å². The summed E-state index contributed by atoms with van der Waals surface area (Å²) in [4.78, 5) is 24.9. The van der Waals surface area contributed by atoms with Crippen molar-refractivity contribution in [1.29, 1.82) is 0 Å². The minimum Gasteiger partial charge on any atom is -0.508 e. The Bertz CT molecular complexity index is 534. The van der Waals surface area contributed by atoms with E-state index in [9.17, 15) is 14.7 Å². The molecule has 1 rings (SSSR count).